The summed E-state index contributed by atoms with van der Waals surface area (Å²) in [5.41, 5.74) is 0.473. The maximum Gasteiger partial charge on any atom is 0.363 e. The predicted octanol–water partition coefficient (Wildman–Crippen LogP) is 7.13. The maximum absolute atomic E-state index is 12.9. The monoisotopic (exact) mass is 561 g/mol. The molecular formula is C23H10BrCl2NO5S. The number of nitrogens with zero attached hydrogens (tertiary/aromatic N) is 1. The van der Waals surface area contributed by atoms with Gasteiger partial charge in [-0.3, -0.25) is 0 Å². The van der Waals surface area contributed by atoms with Gasteiger partial charge in [0.2, 0.25) is 0 Å². The average Bonchev–Trinajstić information content (AvgIpc) is 3.50. The van der Waals surface area contributed by atoms with Crippen LogP contribution in [-0.2, 0) is 9.53 Å². The van der Waals surface area contributed by atoms with Gasteiger partial charge in [-0.2, -0.15) is 0 Å². The Morgan fingerprint density at radius 2 is 2.00 bits per heavy atom. The fraction of sp³-hybridized carbons (Fsp3) is 0. The number of cyclic esters (lactones) is 1. The smallest absolute Gasteiger partial charge is 0.363 e. The first-order valence-corrected chi connectivity index (χ1v) is 11.7. The van der Waals surface area contributed by atoms with Crippen LogP contribution < -0.4 is 4.74 Å². The molecule has 2 aromatic heterocycles. The summed E-state index contributed by atoms with van der Waals surface area (Å²) in [5, 5.41) is 1.55. The summed E-state index contributed by atoms with van der Waals surface area (Å²) in [6, 6.07) is 13.5. The van der Waals surface area contributed by atoms with Crippen molar-refractivity contribution in [1.82, 2.24) is 0 Å². The number of hydrogen-bond acceptors (Lipinski definition) is 7. The third-order valence-corrected chi connectivity index (χ3v) is 6.96. The van der Waals surface area contributed by atoms with Gasteiger partial charge < -0.3 is 13.9 Å². The minimum Gasteiger partial charge on any atom is -0.459 e. The van der Waals surface area contributed by atoms with E-state index in [1.807, 2.05) is 0 Å². The molecule has 0 N–H and O–H groups in total. The van der Waals surface area contributed by atoms with Crippen LogP contribution in [0.4, 0.5) is 0 Å². The van der Waals surface area contributed by atoms with Crippen molar-refractivity contribution < 1.29 is 23.5 Å². The van der Waals surface area contributed by atoms with E-state index >= 15 is 0 Å². The van der Waals surface area contributed by atoms with Gasteiger partial charge in [0.25, 0.3) is 5.90 Å². The predicted molar refractivity (Wildman–Crippen MR) is 130 cm³/mol. The lowest BCUT2D eigenvalue weighted by Gasteiger charge is -2.08. The first-order valence-electron chi connectivity index (χ1n) is 9.35. The Bertz CT molecular complexity index is 1490. The fourth-order valence-corrected chi connectivity index (χ4v) is 5.14. The molecule has 1 aliphatic rings. The molecule has 0 aliphatic carbocycles. The Balaban J connectivity index is 1.48. The number of hydrogen-bond donors (Lipinski definition) is 0. The fourth-order valence-electron chi connectivity index (χ4n) is 3.10. The Morgan fingerprint density at radius 1 is 1.15 bits per heavy atom. The molecule has 2 aromatic carbocycles. The first kappa shape index (κ1) is 21.9. The van der Waals surface area contributed by atoms with E-state index in [-0.39, 0.29) is 22.2 Å². The van der Waals surface area contributed by atoms with Crippen LogP contribution in [0.5, 0.6) is 5.75 Å². The molecular weight excluding hydrogens is 553 g/mol. The van der Waals surface area contributed by atoms with Crippen LogP contribution in [0, 0.1) is 0 Å². The van der Waals surface area contributed by atoms with Crippen LogP contribution in [0.2, 0.25) is 10.0 Å². The number of aliphatic imine (C=N–C) groups is 1. The second kappa shape index (κ2) is 8.79. The molecule has 0 unspecified atom stereocenters. The highest BCUT2D eigenvalue weighted by Crippen LogP contribution is 2.38. The minimum atomic E-state index is -0.650. The molecule has 10 heteroatoms. The van der Waals surface area contributed by atoms with Crippen molar-refractivity contribution in [3.05, 3.63) is 91.2 Å². The number of thiophene rings is 1. The molecule has 4 aromatic rings. The summed E-state index contributed by atoms with van der Waals surface area (Å²) in [6.45, 7) is 0. The van der Waals surface area contributed by atoms with Crippen molar-refractivity contribution in [3.8, 4) is 5.75 Å². The molecule has 6 nitrogen and oxygen atoms in total. The zero-order valence-corrected chi connectivity index (χ0v) is 20.2. The summed E-state index contributed by atoms with van der Waals surface area (Å²) in [6.07, 6.45) is 2.92. The van der Waals surface area contributed by atoms with Gasteiger partial charge in [-0.05, 0) is 48.5 Å². The van der Waals surface area contributed by atoms with Crippen LogP contribution in [0.15, 0.2) is 74.4 Å². The van der Waals surface area contributed by atoms with Crippen LogP contribution >= 0.6 is 50.5 Å². The van der Waals surface area contributed by atoms with E-state index < -0.39 is 11.9 Å². The van der Waals surface area contributed by atoms with Gasteiger partial charge in [0.05, 0.1) is 11.3 Å². The summed E-state index contributed by atoms with van der Waals surface area (Å²) in [7, 11) is 0. The third-order valence-electron chi connectivity index (χ3n) is 4.60. The summed E-state index contributed by atoms with van der Waals surface area (Å²) >= 11 is 17.0. The van der Waals surface area contributed by atoms with Crippen molar-refractivity contribution in [2.45, 2.75) is 0 Å². The van der Waals surface area contributed by atoms with E-state index in [4.69, 9.17) is 37.1 Å². The van der Waals surface area contributed by atoms with Gasteiger partial charge in [0, 0.05) is 25.1 Å². The first-order chi connectivity index (χ1) is 15.9. The number of furan rings is 1. The van der Waals surface area contributed by atoms with E-state index in [0.29, 0.717) is 31.2 Å². The zero-order valence-electron chi connectivity index (χ0n) is 16.3. The molecule has 5 rings (SSSR count). The Hall–Kier alpha value is -2.91. The normalized spacial score (nSPS) is 14.6. The largest absolute Gasteiger partial charge is 0.459 e. The van der Waals surface area contributed by atoms with Crippen molar-refractivity contribution in [2.75, 3.05) is 0 Å². The van der Waals surface area contributed by atoms with Gasteiger partial charge in [-0.25, -0.2) is 14.6 Å². The minimum absolute atomic E-state index is 0.0336. The van der Waals surface area contributed by atoms with Gasteiger partial charge in [0.15, 0.2) is 11.5 Å². The topological polar surface area (TPSA) is 78.1 Å². The highest BCUT2D eigenvalue weighted by molar-refractivity contribution is 9.10. The zero-order chi connectivity index (χ0) is 23.1. The van der Waals surface area contributed by atoms with Gasteiger partial charge in [0.1, 0.15) is 10.6 Å². The number of carbonyl (C=O) groups excluding carboxylic acids is 2. The standard InChI is InChI=1S/C23H10BrCl2NO5S/c24-12-3-6-16(31-23(29)20-19(26)14-5-4-13(25)10-18(14)33-20)11(8-12)9-15-22(28)32-21(27-15)17-2-1-7-30-17/h1-10H/b15-9+. The van der Waals surface area contributed by atoms with Crippen LogP contribution in [-0.4, -0.2) is 17.8 Å². The molecule has 0 radical (unpaired) electrons. The molecule has 33 heavy (non-hydrogen) atoms. The van der Waals surface area contributed by atoms with Crippen LogP contribution in [0.1, 0.15) is 21.0 Å². The number of halogens is 3. The molecule has 0 atom stereocenters. The van der Waals surface area contributed by atoms with Crippen molar-refractivity contribution in [3.63, 3.8) is 0 Å². The quantitative estimate of drug-likeness (QED) is 0.150. The second-order valence-corrected chi connectivity index (χ2v) is 9.55. The van der Waals surface area contributed by atoms with E-state index in [2.05, 4.69) is 20.9 Å². The number of ether oxygens (including phenoxy) is 2. The number of fused-ring (bicyclic) bond motifs is 1. The van der Waals surface area contributed by atoms with E-state index in [9.17, 15) is 9.59 Å². The van der Waals surface area contributed by atoms with E-state index in [0.717, 1.165) is 4.70 Å². The lowest BCUT2D eigenvalue weighted by molar-refractivity contribution is -0.130. The number of carbonyl (C=O) groups is 2. The number of rotatable bonds is 4. The maximum atomic E-state index is 12.9. The van der Waals surface area contributed by atoms with Crippen LogP contribution in [0.3, 0.4) is 0 Å². The lowest BCUT2D eigenvalue weighted by atomic mass is 10.1. The summed E-state index contributed by atoms with van der Waals surface area (Å²) < 4.78 is 17.5. The third kappa shape index (κ3) is 4.35. The summed E-state index contributed by atoms with van der Waals surface area (Å²) in [5.74, 6) is -0.680. The Morgan fingerprint density at radius 3 is 2.79 bits per heavy atom. The van der Waals surface area contributed by atoms with Crippen molar-refractivity contribution >= 4 is 84.5 Å². The Kier molecular flexibility index (Phi) is 5.84. The Labute approximate surface area is 209 Å². The number of benzene rings is 2. The molecule has 0 saturated heterocycles. The molecule has 0 amide bonds. The van der Waals surface area contributed by atoms with Crippen molar-refractivity contribution in [2.24, 2.45) is 4.99 Å². The molecule has 164 valence electrons. The van der Waals surface area contributed by atoms with Gasteiger partial charge >= 0.3 is 11.9 Å². The molecule has 1 aliphatic heterocycles. The molecule has 0 spiro atoms. The van der Waals surface area contributed by atoms with E-state index in [1.165, 1.54) is 23.7 Å². The molecule has 0 fully saturated rings. The number of esters is 2. The highest BCUT2D eigenvalue weighted by atomic mass is 79.9. The molecule has 0 bridgehead atoms. The average molecular weight is 563 g/mol. The SMILES string of the molecule is O=C1OC(c2ccco2)=N/C1=C/c1cc(Br)ccc1OC(=O)c1sc2cc(Cl)ccc2c1Cl. The lowest BCUT2D eigenvalue weighted by Crippen LogP contribution is -2.08. The highest BCUT2D eigenvalue weighted by Gasteiger charge is 2.27. The second-order valence-electron chi connectivity index (χ2n) is 6.77. The van der Waals surface area contributed by atoms with E-state index in [1.54, 1.807) is 48.5 Å². The van der Waals surface area contributed by atoms with Crippen molar-refractivity contribution in [1.29, 1.82) is 0 Å². The summed E-state index contributed by atoms with van der Waals surface area (Å²) in [4.78, 5) is 29.7. The van der Waals surface area contributed by atoms with Gasteiger partial charge in [-0.15, -0.1) is 11.3 Å². The molecule has 3 heterocycles. The molecule has 0 saturated carbocycles. The van der Waals surface area contributed by atoms with Crippen LogP contribution in [0.25, 0.3) is 16.2 Å². The van der Waals surface area contributed by atoms with Gasteiger partial charge in [-0.1, -0.05) is 45.2 Å².